The molecule has 33 heavy (non-hydrogen) atoms. The summed E-state index contributed by atoms with van der Waals surface area (Å²) in [6.45, 7) is 2.34. The second kappa shape index (κ2) is 10.8. The van der Waals surface area contributed by atoms with Crippen LogP contribution in [-0.2, 0) is 4.74 Å². The molecule has 0 heterocycles. The molecule has 0 aromatic heterocycles. The Morgan fingerprint density at radius 1 is 0.818 bits per heavy atom. The highest BCUT2D eigenvalue weighted by atomic mass is 16.6. The van der Waals surface area contributed by atoms with Crippen molar-refractivity contribution in [3.05, 3.63) is 67.3 Å². The number of carbonyl (C=O) groups excluding carboxylic acids is 2. The fourth-order valence-corrected chi connectivity index (χ4v) is 4.04. The lowest BCUT2D eigenvalue weighted by Gasteiger charge is -2.10. The number of nitrogens with zero attached hydrogens (tertiary/aromatic N) is 2. The van der Waals surface area contributed by atoms with Gasteiger partial charge in [0.25, 0.3) is 11.4 Å². The third kappa shape index (κ3) is 5.42. The van der Waals surface area contributed by atoms with Gasteiger partial charge in [0.2, 0.25) is 0 Å². The number of unbranched alkanes of at least 4 members (excludes halogenated alkanes) is 7. The molecular weight excluding hydrogens is 428 g/mol. The first-order valence-electron chi connectivity index (χ1n) is 11.2. The SMILES string of the molecule is CCCCCCCCCCOC(=O)c1cc([N+](=O)[O-])cc2c1-c1ccc([N+](=O)[O-])cc1C2=O. The van der Waals surface area contributed by atoms with Gasteiger partial charge < -0.3 is 4.74 Å². The van der Waals surface area contributed by atoms with Crippen molar-refractivity contribution in [3.63, 3.8) is 0 Å². The highest BCUT2D eigenvalue weighted by molar-refractivity contribution is 6.24. The molecule has 174 valence electrons. The minimum absolute atomic E-state index is 0.0290. The van der Waals surface area contributed by atoms with Crippen LogP contribution < -0.4 is 0 Å². The normalized spacial score (nSPS) is 11.7. The molecule has 0 unspecified atom stereocenters. The monoisotopic (exact) mass is 454 g/mol. The van der Waals surface area contributed by atoms with Crippen LogP contribution in [0.4, 0.5) is 11.4 Å². The lowest BCUT2D eigenvalue weighted by molar-refractivity contribution is -0.385. The first kappa shape index (κ1) is 24.0. The average Bonchev–Trinajstić information content (AvgIpc) is 3.08. The second-order valence-electron chi connectivity index (χ2n) is 8.10. The van der Waals surface area contributed by atoms with Crippen LogP contribution in [0.1, 0.15) is 84.6 Å². The quantitative estimate of drug-likeness (QED) is 0.142. The minimum atomic E-state index is -0.753. The molecule has 2 aromatic rings. The Balaban J connectivity index is 1.75. The molecule has 1 aliphatic rings. The third-order valence-corrected chi connectivity index (χ3v) is 5.76. The van der Waals surface area contributed by atoms with Crippen LogP contribution in [0.25, 0.3) is 11.1 Å². The molecule has 9 nitrogen and oxygen atoms in total. The first-order valence-corrected chi connectivity index (χ1v) is 11.2. The summed E-state index contributed by atoms with van der Waals surface area (Å²) in [6, 6.07) is 5.94. The zero-order valence-electron chi connectivity index (χ0n) is 18.5. The summed E-state index contributed by atoms with van der Waals surface area (Å²) in [6.07, 6.45) is 8.64. The highest BCUT2D eigenvalue weighted by Gasteiger charge is 2.35. The molecule has 0 amide bonds. The van der Waals surface area contributed by atoms with E-state index in [4.69, 9.17) is 4.74 Å². The van der Waals surface area contributed by atoms with Gasteiger partial charge in [0.1, 0.15) is 0 Å². The molecule has 0 bridgehead atoms. The lowest BCUT2D eigenvalue weighted by atomic mass is 9.98. The molecule has 2 aromatic carbocycles. The van der Waals surface area contributed by atoms with Crippen molar-refractivity contribution in [1.82, 2.24) is 0 Å². The van der Waals surface area contributed by atoms with E-state index in [1.54, 1.807) is 0 Å². The Labute approximate surface area is 191 Å². The predicted octanol–water partition coefficient (Wildman–Crippen LogP) is 6.01. The van der Waals surface area contributed by atoms with E-state index >= 15 is 0 Å². The van der Waals surface area contributed by atoms with Gasteiger partial charge in [-0.15, -0.1) is 0 Å². The van der Waals surface area contributed by atoms with Crippen LogP contribution in [0, 0.1) is 20.2 Å². The Morgan fingerprint density at radius 3 is 2.06 bits per heavy atom. The third-order valence-electron chi connectivity index (χ3n) is 5.76. The standard InChI is InChI=1S/C24H26N2O7/c1-2-3-4-5-6-7-8-9-12-33-24(28)21-15-17(26(31)32)14-20-22(21)18-11-10-16(25(29)30)13-19(18)23(20)27/h10-11,13-15H,2-9,12H2,1H3. The molecule has 9 heteroatoms. The van der Waals surface area contributed by atoms with Gasteiger partial charge in [0.05, 0.1) is 22.0 Å². The van der Waals surface area contributed by atoms with Crippen molar-refractivity contribution in [2.75, 3.05) is 6.61 Å². The Hall–Kier alpha value is -3.62. The molecular formula is C24H26N2O7. The maximum Gasteiger partial charge on any atom is 0.339 e. The number of esters is 1. The summed E-state index contributed by atoms with van der Waals surface area (Å²) in [5.74, 6) is -1.35. The van der Waals surface area contributed by atoms with Crippen LogP contribution in [0.15, 0.2) is 30.3 Å². The smallest absolute Gasteiger partial charge is 0.339 e. The van der Waals surface area contributed by atoms with Crippen molar-refractivity contribution in [2.24, 2.45) is 0 Å². The van der Waals surface area contributed by atoms with Crippen LogP contribution in [0.3, 0.4) is 0 Å². The molecule has 1 aliphatic carbocycles. The highest BCUT2D eigenvalue weighted by Crippen LogP contribution is 2.42. The summed E-state index contributed by atoms with van der Waals surface area (Å²) in [4.78, 5) is 46.8. The van der Waals surface area contributed by atoms with Gasteiger partial charge >= 0.3 is 5.97 Å². The van der Waals surface area contributed by atoms with Crippen molar-refractivity contribution in [2.45, 2.75) is 58.3 Å². The summed E-state index contributed by atoms with van der Waals surface area (Å²) < 4.78 is 5.36. The number of nitro benzene ring substituents is 2. The zero-order chi connectivity index (χ0) is 24.0. The molecule has 0 spiro atoms. The number of hydrogen-bond acceptors (Lipinski definition) is 7. The number of fused-ring (bicyclic) bond motifs is 3. The van der Waals surface area contributed by atoms with Gasteiger partial charge in [-0.1, -0.05) is 51.9 Å². The van der Waals surface area contributed by atoms with Gasteiger partial charge in [0.15, 0.2) is 5.78 Å². The number of ether oxygens (including phenoxy) is 1. The summed E-state index contributed by atoms with van der Waals surface area (Å²) >= 11 is 0. The molecule has 0 radical (unpaired) electrons. The molecule has 0 saturated heterocycles. The van der Waals surface area contributed by atoms with Gasteiger partial charge in [-0.05, 0) is 18.1 Å². The van der Waals surface area contributed by atoms with E-state index < -0.39 is 27.3 Å². The van der Waals surface area contributed by atoms with Crippen molar-refractivity contribution < 1.29 is 24.2 Å². The van der Waals surface area contributed by atoms with Crippen LogP contribution in [0.2, 0.25) is 0 Å². The largest absolute Gasteiger partial charge is 0.462 e. The average molecular weight is 454 g/mol. The maximum absolute atomic E-state index is 12.8. The summed E-state index contributed by atoms with van der Waals surface area (Å²) in [5.41, 5.74) is -0.215. The molecule has 0 N–H and O–H groups in total. The van der Waals surface area contributed by atoms with Gasteiger partial charge in [-0.2, -0.15) is 0 Å². The van der Waals surface area contributed by atoms with E-state index in [9.17, 15) is 29.8 Å². The molecule has 0 fully saturated rings. The van der Waals surface area contributed by atoms with E-state index in [2.05, 4.69) is 6.92 Å². The zero-order valence-corrected chi connectivity index (χ0v) is 18.5. The fourth-order valence-electron chi connectivity index (χ4n) is 4.04. The number of nitro groups is 2. The van der Waals surface area contributed by atoms with Crippen molar-refractivity contribution in [3.8, 4) is 11.1 Å². The number of hydrogen-bond donors (Lipinski definition) is 0. The van der Waals surface area contributed by atoms with Crippen LogP contribution in [-0.4, -0.2) is 28.2 Å². The number of benzene rings is 2. The van der Waals surface area contributed by atoms with E-state index in [0.29, 0.717) is 12.0 Å². The van der Waals surface area contributed by atoms with Crippen LogP contribution >= 0.6 is 0 Å². The van der Waals surface area contributed by atoms with Crippen molar-refractivity contribution >= 4 is 23.1 Å². The number of carbonyl (C=O) groups is 2. The minimum Gasteiger partial charge on any atom is -0.462 e. The van der Waals surface area contributed by atoms with Gasteiger partial charge in [-0.25, -0.2) is 4.79 Å². The molecule has 3 rings (SSSR count). The lowest BCUT2D eigenvalue weighted by Crippen LogP contribution is -2.10. The second-order valence-corrected chi connectivity index (χ2v) is 8.10. The maximum atomic E-state index is 12.8. The van der Waals surface area contributed by atoms with E-state index in [1.165, 1.54) is 37.8 Å². The van der Waals surface area contributed by atoms with Gasteiger partial charge in [0, 0.05) is 41.0 Å². The fraction of sp³-hybridized carbons (Fsp3) is 0.417. The van der Waals surface area contributed by atoms with Crippen molar-refractivity contribution in [1.29, 1.82) is 0 Å². The molecule has 0 saturated carbocycles. The van der Waals surface area contributed by atoms with E-state index in [1.807, 2.05) is 0 Å². The van der Waals surface area contributed by atoms with E-state index in [0.717, 1.165) is 37.5 Å². The first-order chi connectivity index (χ1) is 15.8. The Morgan fingerprint density at radius 2 is 1.42 bits per heavy atom. The number of non-ortho nitro benzene ring substituents is 2. The Bertz CT molecular complexity index is 1090. The number of rotatable bonds is 12. The molecule has 0 atom stereocenters. The van der Waals surface area contributed by atoms with Crippen LogP contribution in [0.5, 0.6) is 0 Å². The van der Waals surface area contributed by atoms with Gasteiger partial charge in [-0.3, -0.25) is 25.0 Å². The summed E-state index contributed by atoms with van der Waals surface area (Å²) in [7, 11) is 0. The Kier molecular flexibility index (Phi) is 7.87. The molecule has 0 aliphatic heterocycles. The van der Waals surface area contributed by atoms with E-state index in [-0.39, 0.29) is 34.5 Å². The number of ketones is 1. The topological polar surface area (TPSA) is 130 Å². The predicted molar refractivity (Wildman–Crippen MR) is 122 cm³/mol. The summed E-state index contributed by atoms with van der Waals surface area (Å²) in [5, 5.41) is 22.5.